The molecule has 0 spiro atoms. The number of methoxy groups -OCH3 is 1. The van der Waals surface area contributed by atoms with E-state index < -0.39 is 0 Å². The van der Waals surface area contributed by atoms with Crippen molar-refractivity contribution in [1.82, 2.24) is 10.3 Å². The molecule has 0 radical (unpaired) electrons. The van der Waals surface area contributed by atoms with E-state index in [-0.39, 0.29) is 0 Å². The Bertz CT molecular complexity index is 293. The van der Waals surface area contributed by atoms with Crippen molar-refractivity contribution in [3.63, 3.8) is 0 Å². The molecule has 4 heteroatoms. The van der Waals surface area contributed by atoms with Gasteiger partial charge in [-0.15, -0.1) is 11.3 Å². The molecule has 0 aromatic carbocycles. The lowest BCUT2D eigenvalue weighted by molar-refractivity contribution is 0.186. The molecule has 0 saturated heterocycles. The second-order valence-electron chi connectivity index (χ2n) is 5.44. The fourth-order valence-corrected chi connectivity index (χ4v) is 2.30. The molecule has 98 valence electrons. The van der Waals surface area contributed by atoms with E-state index in [1.807, 2.05) is 5.51 Å². The summed E-state index contributed by atoms with van der Waals surface area (Å²) in [6.45, 7) is 9.59. The quantitative estimate of drug-likeness (QED) is 0.761. The lowest BCUT2D eigenvalue weighted by Crippen LogP contribution is -2.34. The molecule has 0 saturated carbocycles. The van der Waals surface area contributed by atoms with E-state index in [1.54, 1.807) is 18.4 Å². The smallest absolute Gasteiger partial charge is 0.0794 e. The Labute approximate surface area is 109 Å². The van der Waals surface area contributed by atoms with Crippen molar-refractivity contribution in [2.24, 2.45) is 11.3 Å². The number of hydrogen-bond acceptors (Lipinski definition) is 4. The maximum absolute atomic E-state index is 5.04. The predicted octanol–water partition coefficient (Wildman–Crippen LogP) is 2.58. The minimum atomic E-state index is 0.295. The summed E-state index contributed by atoms with van der Waals surface area (Å²) in [5.74, 6) is 0.599. The fraction of sp³-hybridized carbons (Fsp3) is 0.769. The molecule has 1 N–H and O–H groups in total. The Morgan fingerprint density at radius 3 is 2.76 bits per heavy atom. The molecule has 0 aliphatic carbocycles. The predicted molar refractivity (Wildman–Crippen MR) is 73.5 cm³/mol. The largest absolute Gasteiger partial charge is 0.383 e. The van der Waals surface area contributed by atoms with Crippen LogP contribution in [-0.2, 0) is 11.2 Å². The van der Waals surface area contributed by atoms with E-state index in [4.69, 9.17) is 4.74 Å². The number of nitrogens with one attached hydrogen (secondary N) is 1. The second-order valence-corrected chi connectivity index (χ2v) is 6.16. The average Bonchev–Trinajstić information content (AvgIpc) is 2.73. The normalized spacial score (nSPS) is 13.9. The van der Waals surface area contributed by atoms with Crippen LogP contribution in [0.3, 0.4) is 0 Å². The fourth-order valence-electron chi connectivity index (χ4n) is 1.73. The first kappa shape index (κ1) is 14.6. The lowest BCUT2D eigenvalue weighted by Gasteiger charge is -2.30. The summed E-state index contributed by atoms with van der Waals surface area (Å²) in [6.07, 6.45) is 1.05. The first-order valence-electron chi connectivity index (χ1n) is 6.10. The van der Waals surface area contributed by atoms with Crippen molar-refractivity contribution >= 4 is 11.3 Å². The first-order chi connectivity index (χ1) is 8.04. The zero-order valence-corrected chi connectivity index (χ0v) is 12.1. The maximum Gasteiger partial charge on any atom is 0.0794 e. The number of aromatic nitrogens is 1. The Morgan fingerprint density at radius 2 is 2.24 bits per heavy atom. The molecule has 1 atom stereocenters. The van der Waals surface area contributed by atoms with Crippen molar-refractivity contribution in [2.45, 2.75) is 27.2 Å². The van der Waals surface area contributed by atoms with Gasteiger partial charge >= 0.3 is 0 Å². The summed E-state index contributed by atoms with van der Waals surface area (Å²) in [7, 11) is 1.73. The van der Waals surface area contributed by atoms with Gasteiger partial charge in [-0.3, -0.25) is 0 Å². The topological polar surface area (TPSA) is 34.1 Å². The van der Waals surface area contributed by atoms with Crippen LogP contribution in [0.1, 0.15) is 26.5 Å². The van der Waals surface area contributed by atoms with Gasteiger partial charge in [-0.1, -0.05) is 20.8 Å². The van der Waals surface area contributed by atoms with Crippen molar-refractivity contribution in [2.75, 3.05) is 26.8 Å². The van der Waals surface area contributed by atoms with Gasteiger partial charge in [0, 0.05) is 19.0 Å². The van der Waals surface area contributed by atoms with E-state index in [9.17, 15) is 0 Å². The van der Waals surface area contributed by atoms with Gasteiger partial charge < -0.3 is 10.1 Å². The van der Waals surface area contributed by atoms with Crippen LogP contribution in [0, 0.1) is 11.3 Å². The van der Waals surface area contributed by atoms with Crippen LogP contribution in [0.15, 0.2) is 10.9 Å². The van der Waals surface area contributed by atoms with Gasteiger partial charge in [0.05, 0.1) is 17.8 Å². The molecule has 0 aliphatic heterocycles. The summed E-state index contributed by atoms with van der Waals surface area (Å²) in [6, 6.07) is 0. The van der Waals surface area contributed by atoms with Gasteiger partial charge in [-0.25, -0.2) is 4.98 Å². The average molecular weight is 256 g/mol. The van der Waals surface area contributed by atoms with Gasteiger partial charge in [0.2, 0.25) is 0 Å². The highest BCUT2D eigenvalue weighted by Gasteiger charge is 2.24. The van der Waals surface area contributed by atoms with Gasteiger partial charge in [0.1, 0.15) is 0 Å². The van der Waals surface area contributed by atoms with Crippen molar-refractivity contribution in [3.8, 4) is 0 Å². The number of hydrogen-bond donors (Lipinski definition) is 1. The Kier molecular flexibility index (Phi) is 6.09. The van der Waals surface area contributed by atoms with E-state index >= 15 is 0 Å². The van der Waals surface area contributed by atoms with Crippen molar-refractivity contribution in [1.29, 1.82) is 0 Å². The Balaban J connectivity index is 2.44. The van der Waals surface area contributed by atoms with Gasteiger partial charge in [0.25, 0.3) is 0 Å². The minimum Gasteiger partial charge on any atom is -0.383 e. The van der Waals surface area contributed by atoms with Crippen molar-refractivity contribution < 1.29 is 4.74 Å². The Hall–Kier alpha value is -0.450. The molecular formula is C13H24N2OS. The van der Waals surface area contributed by atoms with Crippen LogP contribution >= 0.6 is 11.3 Å². The standard InChI is InChI=1S/C13H24N2OS/c1-13(2,3)11(8-14-5-6-16-4)7-12-9-17-10-15-12/h9-11,14H,5-8H2,1-4H3. The van der Waals surface area contributed by atoms with E-state index in [0.717, 1.165) is 26.1 Å². The monoisotopic (exact) mass is 256 g/mol. The highest BCUT2D eigenvalue weighted by molar-refractivity contribution is 7.07. The third-order valence-electron chi connectivity index (χ3n) is 3.04. The number of thiazole rings is 1. The van der Waals surface area contributed by atoms with Gasteiger partial charge in [0.15, 0.2) is 0 Å². The van der Waals surface area contributed by atoms with Crippen LogP contribution in [0.5, 0.6) is 0 Å². The molecule has 1 aromatic heterocycles. The number of ether oxygens (including phenoxy) is 1. The SMILES string of the molecule is COCCNCC(Cc1cscn1)C(C)(C)C. The van der Waals surface area contributed by atoms with Crippen LogP contribution in [0.25, 0.3) is 0 Å². The van der Waals surface area contributed by atoms with Gasteiger partial charge in [-0.05, 0) is 24.3 Å². The highest BCUT2D eigenvalue weighted by Crippen LogP contribution is 2.28. The molecule has 1 rings (SSSR count). The maximum atomic E-state index is 5.04. The number of rotatable bonds is 7. The number of nitrogens with zero attached hydrogens (tertiary/aromatic N) is 1. The van der Waals surface area contributed by atoms with E-state index in [2.05, 4.69) is 36.5 Å². The van der Waals surface area contributed by atoms with E-state index in [0.29, 0.717) is 11.3 Å². The summed E-state index contributed by atoms with van der Waals surface area (Å²) >= 11 is 1.67. The molecule has 0 aliphatic rings. The third kappa shape index (κ3) is 5.61. The summed E-state index contributed by atoms with van der Waals surface area (Å²) in [4.78, 5) is 4.38. The Morgan fingerprint density at radius 1 is 1.47 bits per heavy atom. The zero-order chi connectivity index (χ0) is 12.7. The van der Waals surface area contributed by atoms with Gasteiger partial charge in [-0.2, -0.15) is 0 Å². The van der Waals surface area contributed by atoms with Crippen LogP contribution in [0.2, 0.25) is 0 Å². The van der Waals surface area contributed by atoms with Crippen LogP contribution < -0.4 is 5.32 Å². The first-order valence-corrected chi connectivity index (χ1v) is 7.05. The van der Waals surface area contributed by atoms with Crippen molar-refractivity contribution in [3.05, 3.63) is 16.6 Å². The molecule has 0 bridgehead atoms. The second kappa shape index (κ2) is 7.09. The lowest BCUT2D eigenvalue weighted by atomic mass is 9.78. The molecule has 0 fully saturated rings. The van der Waals surface area contributed by atoms with Crippen LogP contribution in [-0.4, -0.2) is 31.8 Å². The molecule has 3 nitrogen and oxygen atoms in total. The molecular weight excluding hydrogens is 232 g/mol. The summed E-state index contributed by atoms with van der Waals surface area (Å²) in [5, 5.41) is 5.60. The molecule has 1 heterocycles. The summed E-state index contributed by atoms with van der Waals surface area (Å²) < 4.78 is 5.04. The molecule has 17 heavy (non-hydrogen) atoms. The van der Waals surface area contributed by atoms with E-state index in [1.165, 1.54) is 5.69 Å². The molecule has 1 aromatic rings. The minimum absolute atomic E-state index is 0.295. The molecule has 1 unspecified atom stereocenters. The van der Waals surface area contributed by atoms with Crippen LogP contribution in [0.4, 0.5) is 0 Å². The zero-order valence-electron chi connectivity index (χ0n) is 11.3. The highest BCUT2D eigenvalue weighted by atomic mass is 32.1. The third-order valence-corrected chi connectivity index (χ3v) is 3.67. The summed E-state index contributed by atoms with van der Waals surface area (Å²) in [5.41, 5.74) is 3.42. The molecule has 0 amide bonds.